The molecule has 0 N–H and O–H groups in total. The summed E-state index contributed by atoms with van der Waals surface area (Å²) in [5.74, 6) is 0.371. The molecule has 0 spiro atoms. The van der Waals surface area contributed by atoms with E-state index in [1.54, 1.807) is 21.6 Å². The molecule has 0 unspecified atom stereocenters. The third-order valence-electron chi connectivity index (χ3n) is 3.19. The molecule has 1 saturated carbocycles. The average Bonchev–Trinajstić information content (AvgIpc) is 3.15. The Hall–Kier alpha value is -1.43. The van der Waals surface area contributed by atoms with Crippen molar-refractivity contribution in [2.45, 2.75) is 32.7 Å². The summed E-state index contributed by atoms with van der Waals surface area (Å²) in [7, 11) is 0. The highest BCUT2D eigenvalue weighted by Gasteiger charge is 2.26. The molecule has 0 amide bonds. The predicted molar refractivity (Wildman–Crippen MR) is 71.1 cm³/mol. The minimum Gasteiger partial charge on any atom is -0.308 e. The maximum absolute atomic E-state index is 12.3. The van der Waals surface area contributed by atoms with Gasteiger partial charge < -0.3 is 4.57 Å². The molecule has 94 valence electrons. The molecule has 2 aromatic heterocycles. The quantitative estimate of drug-likeness (QED) is 0.854. The van der Waals surface area contributed by atoms with Crippen molar-refractivity contribution in [3.8, 4) is 5.82 Å². The Morgan fingerprint density at radius 2 is 2.11 bits per heavy atom. The lowest BCUT2D eigenvalue weighted by Crippen LogP contribution is -2.25. The fourth-order valence-corrected chi connectivity index (χ4v) is 2.28. The second kappa shape index (κ2) is 4.05. The zero-order valence-corrected chi connectivity index (χ0v) is 11.8. The molecule has 0 saturated heterocycles. The molecule has 0 aliphatic heterocycles. The fraction of sp³-hybridized carbons (Fsp3) is 0.417. The van der Waals surface area contributed by atoms with Crippen molar-refractivity contribution in [2.24, 2.45) is 0 Å². The van der Waals surface area contributed by atoms with Gasteiger partial charge in [-0.3, -0.25) is 4.79 Å². The van der Waals surface area contributed by atoms with Crippen LogP contribution in [0.4, 0.5) is 0 Å². The van der Waals surface area contributed by atoms with E-state index in [9.17, 15) is 4.79 Å². The van der Waals surface area contributed by atoms with E-state index in [2.05, 4.69) is 26.0 Å². The molecule has 5 nitrogen and oxygen atoms in total. The number of hydrogen-bond donors (Lipinski definition) is 0. The van der Waals surface area contributed by atoms with E-state index in [0.29, 0.717) is 11.9 Å². The zero-order chi connectivity index (χ0) is 12.9. The molecule has 2 aromatic rings. The van der Waals surface area contributed by atoms with Crippen LogP contribution in [0, 0.1) is 13.8 Å². The normalized spacial score (nSPS) is 15.1. The highest BCUT2D eigenvalue weighted by Crippen LogP contribution is 2.33. The molecule has 1 aliphatic rings. The smallest absolute Gasteiger partial charge is 0.295 e. The van der Waals surface area contributed by atoms with Gasteiger partial charge in [-0.15, -0.1) is 0 Å². The Morgan fingerprint density at radius 1 is 1.39 bits per heavy atom. The van der Waals surface area contributed by atoms with Gasteiger partial charge in [0.15, 0.2) is 0 Å². The van der Waals surface area contributed by atoms with E-state index in [4.69, 9.17) is 0 Å². The molecular formula is C12H13BrN4O. The third-order valence-corrected chi connectivity index (χ3v) is 4.34. The molecular weight excluding hydrogens is 296 g/mol. The summed E-state index contributed by atoms with van der Waals surface area (Å²) in [6.45, 7) is 3.82. The van der Waals surface area contributed by atoms with Crippen LogP contribution in [0.3, 0.4) is 0 Å². The fourth-order valence-electron chi connectivity index (χ4n) is 2.03. The second-order valence-corrected chi connectivity index (χ2v) is 5.38. The molecule has 3 rings (SSSR count). The number of aryl methyl sites for hydroxylation is 1. The monoisotopic (exact) mass is 308 g/mol. The lowest BCUT2D eigenvalue weighted by Gasteiger charge is -2.06. The first-order valence-electron chi connectivity index (χ1n) is 5.89. The number of hydrogen-bond acceptors (Lipinski definition) is 3. The number of rotatable bonds is 2. The highest BCUT2D eigenvalue weighted by atomic mass is 79.9. The standard InChI is InChI=1S/C12H13BrN4O/c1-7-10(13)8(2)17(15-7)11-12(18)16(6-5-14-11)9-3-4-9/h5-6,9H,3-4H2,1-2H3. The highest BCUT2D eigenvalue weighted by molar-refractivity contribution is 9.10. The van der Waals surface area contributed by atoms with Gasteiger partial charge in [-0.05, 0) is 42.6 Å². The van der Waals surface area contributed by atoms with E-state index in [1.165, 1.54) is 0 Å². The number of aromatic nitrogens is 4. The van der Waals surface area contributed by atoms with Gasteiger partial charge in [-0.25, -0.2) is 9.67 Å². The minimum atomic E-state index is -0.0712. The maximum atomic E-state index is 12.3. The first-order chi connectivity index (χ1) is 8.59. The van der Waals surface area contributed by atoms with Crippen molar-refractivity contribution in [2.75, 3.05) is 0 Å². The van der Waals surface area contributed by atoms with Gasteiger partial charge in [0.1, 0.15) is 0 Å². The van der Waals surface area contributed by atoms with E-state index in [0.717, 1.165) is 28.7 Å². The van der Waals surface area contributed by atoms with Gasteiger partial charge in [-0.2, -0.15) is 5.10 Å². The summed E-state index contributed by atoms with van der Waals surface area (Å²) in [6.07, 6.45) is 5.57. The summed E-state index contributed by atoms with van der Waals surface area (Å²) in [5.41, 5.74) is 1.68. The number of nitrogens with zero attached hydrogens (tertiary/aromatic N) is 4. The van der Waals surface area contributed by atoms with E-state index < -0.39 is 0 Å². The van der Waals surface area contributed by atoms with Gasteiger partial charge in [-0.1, -0.05) is 0 Å². The second-order valence-electron chi connectivity index (χ2n) is 4.59. The lowest BCUT2D eigenvalue weighted by atomic mass is 10.4. The molecule has 0 bridgehead atoms. The van der Waals surface area contributed by atoms with Gasteiger partial charge >= 0.3 is 0 Å². The maximum Gasteiger partial charge on any atom is 0.295 e. The molecule has 6 heteroatoms. The average molecular weight is 309 g/mol. The largest absolute Gasteiger partial charge is 0.308 e. The first kappa shape index (κ1) is 11.6. The Morgan fingerprint density at radius 3 is 2.67 bits per heavy atom. The van der Waals surface area contributed by atoms with Crippen molar-refractivity contribution in [3.63, 3.8) is 0 Å². The summed E-state index contributed by atoms with van der Waals surface area (Å²) in [6, 6.07) is 0.347. The summed E-state index contributed by atoms with van der Waals surface area (Å²) in [5, 5.41) is 4.36. The van der Waals surface area contributed by atoms with Crippen molar-refractivity contribution in [1.29, 1.82) is 0 Å². The summed E-state index contributed by atoms with van der Waals surface area (Å²) < 4.78 is 4.29. The summed E-state index contributed by atoms with van der Waals surface area (Å²) >= 11 is 3.46. The van der Waals surface area contributed by atoms with Crippen LogP contribution in [-0.2, 0) is 0 Å². The van der Waals surface area contributed by atoms with Crippen LogP contribution in [0.5, 0.6) is 0 Å². The lowest BCUT2D eigenvalue weighted by molar-refractivity contribution is 0.672. The van der Waals surface area contributed by atoms with E-state index in [-0.39, 0.29) is 5.56 Å². The van der Waals surface area contributed by atoms with Crippen LogP contribution < -0.4 is 5.56 Å². The van der Waals surface area contributed by atoms with Crippen LogP contribution in [0.2, 0.25) is 0 Å². The molecule has 1 fully saturated rings. The Labute approximate surface area is 113 Å². The van der Waals surface area contributed by atoms with Gasteiger partial charge in [0.25, 0.3) is 5.56 Å². The van der Waals surface area contributed by atoms with E-state index in [1.807, 2.05) is 13.8 Å². The number of halogens is 1. The van der Waals surface area contributed by atoms with Gasteiger partial charge in [0, 0.05) is 18.4 Å². The third kappa shape index (κ3) is 1.71. The SMILES string of the molecule is Cc1nn(-c2nccn(C3CC3)c2=O)c(C)c1Br. The topological polar surface area (TPSA) is 52.7 Å². The van der Waals surface area contributed by atoms with Crippen LogP contribution in [0.25, 0.3) is 5.82 Å². The molecule has 0 aromatic carbocycles. The molecule has 2 heterocycles. The Bertz CT molecular complexity index is 669. The first-order valence-corrected chi connectivity index (χ1v) is 6.68. The Balaban J connectivity index is 2.20. The van der Waals surface area contributed by atoms with Crippen molar-refractivity contribution in [1.82, 2.24) is 19.3 Å². The van der Waals surface area contributed by atoms with Crippen molar-refractivity contribution in [3.05, 3.63) is 38.6 Å². The molecule has 1 aliphatic carbocycles. The van der Waals surface area contributed by atoms with Crippen LogP contribution >= 0.6 is 15.9 Å². The zero-order valence-electron chi connectivity index (χ0n) is 10.2. The summed E-state index contributed by atoms with van der Waals surface area (Å²) in [4.78, 5) is 16.5. The molecule has 0 atom stereocenters. The van der Waals surface area contributed by atoms with Gasteiger partial charge in [0.05, 0.1) is 15.9 Å². The van der Waals surface area contributed by atoms with Gasteiger partial charge in [0.2, 0.25) is 5.82 Å². The van der Waals surface area contributed by atoms with Crippen LogP contribution in [0.1, 0.15) is 30.3 Å². The van der Waals surface area contributed by atoms with Crippen LogP contribution in [0.15, 0.2) is 21.7 Å². The molecule has 0 radical (unpaired) electrons. The molecule has 18 heavy (non-hydrogen) atoms. The van der Waals surface area contributed by atoms with Crippen molar-refractivity contribution >= 4 is 15.9 Å². The Kier molecular flexibility index (Phi) is 2.62. The minimum absolute atomic E-state index is 0.0712. The van der Waals surface area contributed by atoms with E-state index >= 15 is 0 Å². The van der Waals surface area contributed by atoms with Crippen LogP contribution in [-0.4, -0.2) is 19.3 Å². The predicted octanol–water partition coefficient (Wildman–Crippen LogP) is 2.14. The van der Waals surface area contributed by atoms with Crippen molar-refractivity contribution < 1.29 is 0 Å².